The number of nitrogens with two attached hydrogens (primary N) is 1. The first-order valence-electron chi connectivity index (χ1n) is 6.55. The molecule has 0 bridgehead atoms. The highest BCUT2D eigenvalue weighted by molar-refractivity contribution is 5.87. The normalized spacial score (nSPS) is 18.0. The second kappa shape index (κ2) is 9.70. The van der Waals surface area contributed by atoms with Crippen LogP contribution in [0.3, 0.4) is 0 Å². The number of carbonyl (C=O) groups is 4. The van der Waals surface area contributed by atoms with Crippen LogP contribution in [-0.4, -0.2) is 52.6 Å². The Hall–Kier alpha value is -2.16. The molecule has 0 aromatic carbocycles. The number of carboxylic acid groups (broad SMARTS) is 2. The Kier molecular flexibility index (Phi) is 8.70. The Bertz CT molecular complexity index is 398. The summed E-state index contributed by atoms with van der Waals surface area (Å²) in [4.78, 5) is 41.5. The van der Waals surface area contributed by atoms with Gasteiger partial charge in [-0.2, -0.15) is 0 Å². The van der Waals surface area contributed by atoms with Gasteiger partial charge in [0.05, 0.1) is 0 Å². The van der Waals surface area contributed by atoms with Gasteiger partial charge in [-0.25, -0.2) is 4.79 Å². The summed E-state index contributed by atoms with van der Waals surface area (Å²) in [5.74, 6) is -2.34. The van der Waals surface area contributed by atoms with Crippen LogP contribution in [0.1, 0.15) is 32.6 Å². The molecule has 1 aliphatic rings. The molecule has 0 unspecified atom stereocenters. The third-order valence-corrected chi connectivity index (χ3v) is 2.67. The van der Waals surface area contributed by atoms with E-state index in [0.717, 1.165) is 0 Å². The van der Waals surface area contributed by atoms with Gasteiger partial charge in [-0.15, -0.1) is 0 Å². The van der Waals surface area contributed by atoms with E-state index in [9.17, 15) is 19.2 Å². The highest BCUT2D eigenvalue weighted by atomic mass is 16.4. The van der Waals surface area contributed by atoms with E-state index < -0.39 is 24.0 Å². The van der Waals surface area contributed by atoms with Gasteiger partial charge in [-0.05, 0) is 19.8 Å². The van der Waals surface area contributed by atoms with E-state index in [1.807, 2.05) is 0 Å². The van der Waals surface area contributed by atoms with Crippen LogP contribution in [0.15, 0.2) is 0 Å². The molecule has 1 saturated heterocycles. The lowest BCUT2D eigenvalue weighted by atomic mass is 10.1. The van der Waals surface area contributed by atoms with Crippen LogP contribution >= 0.6 is 0 Å². The third-order valence-electron chi connectivity index (χ3n) is 2.67. The smallest absolute Gasteiger partial charge is 0.326 e. The molecule has 2 amide bonds. The third kappa shape index (κ3) is 8.58. The first-order valence-corrected chi connectivity index (χ1v) is 6.55. The largest absolute Gasteiger partial charge is 0.480 e. The number of carboxylic acids is 2. The first kappa shape index (κ1) is 18.8. The fourth-order valence-electron chi connectivity index (χ4n) is 1.49. The van der Waals surface area contributed by atoms with Crippen molar-refractivity contribution in [1.29, 1.82) is 0 Å². The second-order valence-corrected chi connectivity index (χ2v) is 4.43. The SMILES string of the molecule is CCNC(=O)CC[C@H](N)C(=O)O.O=C1CC[C@@H](C(=O)O)N1. The van der Waals surface area contributed by atoms with Crippen LogP contribution in [0.2, 0.25) is 0 Å². The van der Waals surface area contributed by atoms with Crippen molar-refractivity contribution in [2.24, 2.45) is 5.73 Å². The van der Waals surface area contributed by atoms with Gasteiger partial charge in [-0.3, -0.25) is 14.4 Å². The van der Waals surface area contributed by atoms with Gasteiger partial charge in [0.25, 0.3) is 0 Å². The van der Waals surface area contributed by atoms with Crippen molar-refractivity contribution in [2.45, 2.75) is 44.7 Å². The van der Waals surface area contributed by atoms with Crippen LogP contribution < -0.4 is 16.4 Å². The molecule has 2 atom stereocenters. The number of hydrogen-bond acceptors (Lipinski definition) is 5. The standard InChI is InChI=1S/C7H14N2O3.C5H7NO3/c1-2-9-6(10)4-3-5(8)7(11)12;7-4-2-1-3(6-4)5(8)9/h5H,2-4,8H2,1H3,(H,9,10)(H,11,12);3H,1-2H2,(H,6,7)(H,8,9)/t5-;3-/m00/s1. The van der Waals surface area contributed by atoms with Crippen molar-refractivity contribution >= 4 is 23.8 Å². The number of amides is 2. The van der Waals surface area contributed by atoms with Gasteiger partial charge in [0.2, 0.25) is 11.8 Å². The monoisotopic (exact) mass is 303 g/mol. The van der Waals surface area contributed by atoms with E-state index in [1.54, 1.807) is 6.92 Å². The highest BCUT2D eigenvalue weighted by Gasteiger charge is 2.26. The fourth-order valence-corrected chi connectivity index (χ4v) is 1.49. The van der Waals surface area contributed by atoms with E-state index in [-0.39, 0.29) is 24.7 Å². The molecular formula is C12H21N3O6. The van der Waals surface area contributed by atoms with Crippen molar-refractivity contribution < 1.29 is 29.4 Å². The summed E-state index contributed by atoms with van der Waals surface area (Å²) in [6, 6.07) is -1.58. The van der Waals surface area contributed by atoms with Crippen LogP contribution in [-0.2, 0) is 19.2 Å². The lowest BCUT2D eigenvalue weighted by Gasteiger charge is -2.05. The van der Waals surface area contributed by atoms with E-state index in [0.29, 0.717) is 19.4 Å². The summed E-state index contributed by atoms with van der Waals surface area (Å²) in [5.41, 5.74) is 5.18. The van der Waals surface area contributed by atoms with Gasteiger partial charge >= 0.3 is 11.9 Å². The number of rotatable bonds is 6. The van der Waals surface area contributed by atoms with Crippen LogP contribution in [0.4, 0.5) is 0 Å². The Morgan fingerprint density at radius 3 is 2.38 bits per heavy atom. The molecule has 1 fully saturated rings. The van der Waals surface area contributed by atoms with Gasteiger partial charge in [-0.1, -0.05) is 0 Å². The lowest BCUT2D eigenvalue weighted by Crippen LogP contribution is -2.32. The van der Waals surface area contributed by atoms with Crippen LogP contribution in [0.5, 0.6) is 0 Å². The molecule has 0 spiro atoms. The van der Waals surface area contributed by atoms with Crippen molar-refractivity contribution in [3.63, 3.8) is 0 Å². The molecule has 6 N–H and O–H groups in total. The number of carbonyl (C=O) groups excluding carboxylic acids is 2. The summed E-state index contributed by atoms with van der Waals surface area (Å²) in [6.45, 7) is 2.36. The topological polar surface area (TPSA) is 159 Å². The maximum absolute atomic E-state index is 10.8. The van der Waals surface area contributed by atoms with Gasteiger partial charge in [0.15, 0.2) is 0 Å². The first-order chi connectivity index (χ1) is 9.77. The van der Waals surface area contributed by atoms with Crippen molar-refractivity contribution in [1.82, 2.24) is 10.6 Å². The summed E-state index contributed by atoms with van der Waals surface area (Å²) >= 11 is 0. The Balaban J connectivity index is 0.000000394. The average molecular weight is 303 g/mol. The Morgan fingerprint density at radius 1 is 1.43 bits per heavy atom. The van der Waals surface area contributed by atoms with E-state index in [2.05, 4.69) is 10.6 Å². The zero-order chi connectivity index (χ0) is 16.4. The van der Waals surface area contributed by atoms with E-state index in [1.165, 1.54) is 0 Å². The molecule has 9 heteroatoms. The molecule has 1 rings (SSSR count). The molecule has 1 aliphatic heterocycles. The molecule has 0 aromatic heterocycles. The number of aliphatic carboxylic acids is 2. The van der Waals surface area contributed by atoms with Crippen LogP contribution in [0.25, 0.3) is 0 Å². The minimum absolute atomic E-state index is 0.158. The zero-order valence-electron chi connectivity index (χ0n) is 11.8. The molecule has 0 aromatic rings. The number of nitrogens with one attached hydrogen (secondary N) is 2. The predicted molar refractivity (Wildman–Crippen MR) is 72.3 cm³/mol. The summed E-state index contributed by atoms with van der Waals surface area (Å²) in [5, 5.41) is 21.6. The molecule has 0 aliphatic carbocycles. The molecular weight excluding hydrogens is 282 g/mol. The predicted octanol–water partition coefficient (Wildman–Crippen LogP) is -1.34. The average Bonchev–Trinajstić information content (AvgIpc) is 2.84. The second-order valence-electron chi connectivity index (χ2n) is 4.43. The van der Waals surface area contributed by atoms with Gasteiger partial charge in [0.1, 0.15) is 12.1 Å². The molecule has 0 radical (unpaired) electrons. The molecule has 9 nitrogen and oxygen atoms in total. The lowest BCUT2D eigenvalue weighted by molar-refractivity contribution is -0.140. The maximum atomic E-state index is 10.8. The molecule has 21 heavy (non-hydrogen) atoms. The summed E-state index contributed by atoms with van der Waals surface area (Å²) < 4.78 is 0. The fraction of sp³-hybridized carbons (Fsp3) is 0.667. The highest BCUT2D eigenvalue weighted by Crippen LogP contribution is 2.05. The van der Waals surface area contributed by atoms with Crippen LogP contribution in [0, 0.1) is 0 Å². The Morgan fingerprint density at radius 2 is 2.05 bits per heavy atom. The minimum Gasteiger partial charge on any atom is -0.480 e. The van der Waals surface area contributed by atoms with E-state index in [4.69, 9.17) is 15.9 Å². The zero-order valence-corrected chi connectivity index (χ0v) is 11.8. The molecule has 120 valence electrons. The number of hydrogen-bond donors (Lipinski definition) is 5. The van der Waals surface area contributed by atoms with Crippen molar-refractivity contribution in [3.8, 4) is 0 Å². The van der Waals surface area contributed by atoms with Crippen molar-refractivity contribution in [2.75, 3.05) is 6.54 Å². The summed E-state index contributed by atoms with van der Waals surface area (Å²) in [7, 11) is 0. The molecule has 1 heterocycles. The van der Waals surface area contributed by atoms with Crippen molar-refractivity contribution in [3.05, 3.63) is 0 Å². The quantitative estimate of drug-likeness (QED) is 0.406. The minimum atomic E-state index is -1.07. The maximum Gasteiger partial charge on any atom is 0.326 e. The Labute approximate surface area is 121 Å². The van der Waals surface area contributed by atoms with Gasteiger partial charge < -0.3 is 26.6 Å². The molecule has 0 saturated carbocycles. The van der Waals surface area contributed by atoms with Gasteiger partial charge in [0, 0.05) is 19.4 Å². The summed E-state index contributed by atoms with van der Waals surface area (Å²) in [6.07, 6.45) is 1.12. The van der Waals surface area contributed by atoms with E-state index >= 15 is 0 Å².